The summed E-state index contributed by atoms with van der Waals surface area (Å²) in [4.78, 5) is 0. The monoisotopic (exact) mass is 320 g/mol. The molecular formula is C20H29FO2. The van der Waals surface area contributed by atoms with Crippen molar-refractivity contribution >= 4 is 0 Å². The molecule has 1 fully saturated rings. The Morgan fingerprint density at radius 2 is 2.04 bits per heavy atom. The lowest BCUT2D eigenvalue weighted by Gasteiger charge is -2.36. The van der Waals surface area contributed by atoms with Crippen LogP contribution in [0.3, 0.4) is 0 Å². The molecule has 3 heteroatoms. The van der Waals surface area contributed by atoms with Crippen LogP contribution >= 0.6 is 0 Å². The molecule has 0 aromatic heterocycles. The smallest absolute Gasteiger partial charge is 0.160 e. The molecule has 3 aliphatic rings. The Morgan fingerprint density at radius 3 is 2.65 bits per heavy atom. The van der Waals surface area contributed by atoms with Gasteiger partial charge in [0.1, 0.15) is 5.83 Å². The van der Waals surface area contributed by atoms with Gasteiger partial charge in [0, 0.05) is 17.8 Å². The highest BCUT2D eigenvalue weighted by Gasteiger charge is 2.31. The van der Waals surface area contributed by atoms with E-state index in [1.54, 1.807) is 6.08 Å². The van der Waals surface area contributed by atoms with Crippen LogP contribution in [0.4, 0.5) is 4.39 Å². The van der Waals surface area contributed by atoms with E-state index in [0.29, 0.717) is 17.8 Å². The van der Waals surface area contributed by atoms with E-state index in [0.717, 1.165) is 44.5 Å². The fourth-order valence-electron chi connectivity index (χ4n) is 3.96. The summed E-state index contributed by atoms with van der Waals surface area (Å²) < 4.78 is 25.4. The third-order valence-electron chi connectivity index (χ3n) is 5.45. The molecule has 2 nitrogen and oxygen atoms in total. The van der Waals surface area contributed by atoms with Crippen molar-refractivity contribution in [2.45, 2.75) is 58.7 Å². The van der Waals surface area contributed by atoms with Gasteiger partial charge in [-0.15, -0.1) is 0 Å². The highest BCUT2D eigenvalue weighted by molar-refractivity contribution is 5.30. The van der Waals surface area contributed by atoms with E-state index in [-0.39, 0.29) is 12.1 Å². The van der Waals surface area contributed by atoms with Crippen LogP contribution in [-0.4, -0.2) is 19.5 Å². The highest BCUT2D eigenvalue weighted by Crippen LogP contribution is 2.37. The van der Waals surface area contributed by atoms with E-state index >= 15 is 0 Å². The molecule has 0 amide bonds. The maximum absolute atomic E-state index is 13.4. The van der Waals surface area contributed by atoms with Gasteiger partial charge in [-0.25, -0.2) is 4.39 Å². The number of hydrogen-bond donors (Lipinski definition) is 0. The Morgan fingerprint density at radius 1 is 1.26 bits per heavy atom. The van der Waals surface area contributed by atoms with Crippen molar-refractivity contribution < 1.29 is 13.9 Å². The molecule has 2 unspecified atom stereocenters. The van der Waals surface area contributed by atoms with Gasteiger partial charge in [0.2, 0.25) is 0 Å². The van der Waals surface area contributed by atoms with Crippen molar-refractivity contribution in [3.05, 3.63) is 35.2 Å². The standard InChI is InChI=1S/C20H29FO2/c1-3-4-15-12-22-20(23-13-15)17-7-5-16(6-8-17)18-9-10-19(21)14(2)11-18/h5,9-10,15,17-18,20H,3-4,6-8,11-13H2,1-2H3. The number of halogens is 1. The van der Waals surface area contributed by atoms with E-state index in [1.165, 1.54) is 18.4 Å². The molecule has 1 saturated heterocycles. The number of rotatable bonds is 4. The van der Waals surface area contributed by atoms with Gasteiger partial charge in [0.25, 0.3) is 0 Å². The first-order chi connectivity index (χ1) is 11.2. The van der Waals surface area contributed by atoms with Crippen LogP contribution in [0.1, 0.15) is 52.4 Å². The van der Waals surface area contributed by atoms with Gasteiger partial charge in [0.05, 0.1) is 13.2 Å². The predicted octanol–water partition coefficient (Wildman–Crippen LogP) is 5.32. The summed E-state index contributed by atoms with van der Waals surface area (Å²) in [6.45, 7) is 5.80. The first kappa shape index (κ1) is 16.9. The largest absolute Gasteiger partial charge is 0.352 e. The van der Waals surface area contributed by atoms with Crippen LogP contribution in [0.5, 0.6) is 0 Å². The second-order valence-electron chi connectivity index (χ2n) is 7.30. The molecule has 1 heterocycles. The molecule has 2 aliphatic carbocycles. The third kappa shape index (κ3) is 4.13. The van der Waals surface area contributed by atoms with Gasteiger partial charge in [-0.1, -0.05) is 31.1 Å². The third-order valence-corrected chi connectivity index (χ3v) is 5.45. The molecule has 0 saturated carbocycles. The van der Waals surface area contributed by atoms with E-state index in [9.17, 15) is 4.39 Å². The van der Waals surface area contributed by atoms with E-state index < -0.39 is 0 Å². The molecule has 0 bridgehead atoms. The first-order valence-electron chi connectivity index (χ1n) is 9.13. The normalized spacial score (nSPS) is 35.3. The Bertz CT molecular complexity index is 498. The zero-order chi connectivity index (χ0) is 16.2. The van der Waals surface area contributed by atoms with Crippen molar-refractivity contribution in [1.82, 2.24) is 0 Å². The summed E-state index contributed by atoms with van der Waals surface area (Å²) in [5, 5.41) is 0. The minimum absolute atomic E-state index is 0.0260. The minimum atomic E-state index is -0.0545. The van der Waals surface area contributed by atoms with Crippen LogP contribution in [0.15, 0.2) is 35.2 Å². The summed E-state index contributed by atoms with van der Waals surface area (Å²) in [5.41, 5.74) is 2.34. The lowest BCUT2D eigenvalue weighted by atomic mass is 9.79. The summed E-state index contributed by atoms with van der Waals surface area (Å²) in [7, 11) is 0. The molecule has 3 rings (SSSR count). The Labute approximate surface area is 139 Å². The van der Waals surface area contributed by atoms with E-state index in [2.05, 4.69) is 13.0 Å². The lowest BCUT2D eigenvalue weighted by Crippen LogP contribution is -2.37. The maximum Gasteiger partial charge on any atom is 0.160 e. The lowest BCUT2D eigenvalue weighted by molar-refractivity contribution is -0.226. The van der Waals surface area contributed by atoms with Crippen LogP contribution in [0.25, 0.3) is 0 Å². The zero-order valence-electron chi connectivity index (χ0n) is 14.4. The summed E-state index contributed by atoms with van der Waals surface area (Å²) in [6, 6.07) is 0. The van der Waals surface area contributed by atoms with Gasteiger partial charge in [-0.3, -0.25) is 0 Å². The second kappa shape index (κ2) is 7.76. The predicted molar refractivity (Wildman–Crippen MR) is 90.6 cm³/mol. The van der Waals surface area contributed by atoms with Gasteiger partial charge in [0.15, 0.2) is 6.29 Å². The first-order valence-corrected chi connectivity index (χ1v) is 9.13. The van der Waals surface area contributed by atoms with Crippen LogP contribution in [-0.2, 0) is 9.47 Å². The molecule has 0 spiro atoms. The molecule has 0 N–H and O–H groups in total. The average Bonchev–Trinajstić information content (AvgIpc) is 2.59. The second-order valence-corrected chi connectivity index (χ2v) is 7.30. The van der Waals surface area contributed by atoms with Gasteiger partial charge >= 0.3 is 0 Å². The minimum Gasteiger partial charge on any atom is -0.352 e. The number of ether oxygens (including phenoxy) is 2. The fourth-order valence-corrected chi connectivity index (χ4v) is 3.96. The molecule has 2 atom stereocenters. The van der Waals surface area contributed by atoms with Crippen molar-refractivity contribution in [2.24, 2.45) is 17.8 Å². The van der Waals surface area contributed by atoms with Crippen LogP contribution in [0.2, 0.25) is 0 Å². The molecule has 1 aliphatic heterocycles. The molecule has 23 heavy (non-hydrogen) atoms. The van der Waals surface area contributed by atoms with E-state index in [4.69, 9.17) is 9.47 Å². The zero-order valence-corrected chi connectivity index (χ0v) is 14.4. The molecule has 128 valence electrons. The van der Waals surface area contributed by atoms with Gasteiger partial charge in [-0.05, 0) is 50.7 Å². The molecular weight excluding hydrogens is 291 g/mol. The Hall–Kier alpha value is -0.930. The fraction of sp³-hybridized carbons (Fsp3) is 0.700. The van der Waals surface area contributed by atoms with Crippen molar-refractivity contribution in [2.75, 3.05) is 13.2 Å². The molecule has 0 aromatic carbocycles. The topological polar surface area (TPSA) is 18.5 Å². The van der Waals surface area contributed by atoms with Crippen LogP contribution in [0, 0.1) is 17.8 Å². The van der Waals surface area contributed by atoms with Crippen molar-refractivity contribution in [1.29, 1.82) is 0 Å². The van der Waals surface area contributed by atoms with Crippen LogP contribution < -0.4 is 0 Å². The maximum atomic E-state index is 13.4. The van der Waals surface area contributed by atoms with Crippen molar-refractivity contribution in [3.8, 4) is 0 Å². The summed E-state index contributed by atoms with van der Waals surface area (Å²) in [5.74, 6) is 1.38. The number of hydrogen-bond acceptors (Lipinski definition) is 2. The number of allylic oxidation sites excluding steroid dienone is 6. The average molecular weight is 320 g/mol. The molecule has 0 radical (unpaired) electrons. The molecule has 0 aromatic rings. The van der Waals surface area contributed by atoms with Crippen molar-refractivity contribution in [3.63, 3.8) is 0 Å². The highest BCUT2D eigenvalue weighted by atomic mass is 19.1. The van der Waals surface area contributed by atoms with E-state index in [1.807, 2.05) is 13.0 Å². The quantitative estimate of drug-likeness (QED) is 0.653. The summed E-state index contributed by atoms with van der Waals surface area (Å²) in [6.07, 6.45) is 12.4. The van der Waals surface area contributed by atoms with Gasteiger partial charge < -0.3 is 9.47 Å². The summed E-state index contributed by atoms with van der Waals surface area (Å²) >= 11 is 0. The SMILES string of the molecule is CCCC1COC(C2CC=C(C3C=CC(F)=C(C)C3)CC2)OC1. The van der Waals surface area contributed by atoms with Gasteiger partial charge in [-0.2, -0.15) is 0 Å². The Kier molecular flexibility index (Phi) is 5.71. The Balaban J connectivity index is 1.50.